The van der Waals surface area contributed by atoms with Crippen LogP contribution in [0.5, 0.6) is 5.75 Å². The molecule has 0 aliphatic heterocycles. The zero-order valence-corrected chi connectivity index (χ0v) is 16.2. The number of aryl methyl sites for hydroxylation is 1. The average molecular weight is 383 g/mol. The Morgan fingerprint density at radius 3 is 2.78 bits per heavy atom. The van der Waals surface area contributed by atoms with Gasteiger partial charge in [0.2, 0.25) is 11.1 Å². The van der Waals surface area contributed by atoms with Crippen LogP contribution in [0, 0.1) is 6.92 Å². The summed E-state index contributed by atoms with van der Waals surface area (Å²) < 4.78 is 6.99. The second-order valence-electron chi connectivity index (χ2n) is 6.04. The van der Waals surface area contributed by atoms with Crippen LogP contribution < -0.4 is 10.1 Å². The second kappa shape index (κ2) is 8.68. The summed E-state index contributed by atoms with van der Waals surface area (Å²) in [6.45, 7) is 3.94. The normalized spacial score (nSPS) is 11.8. The first-order valence-electron chi connectivity index (χ1n) is 8.49. The molecule has 8 heteroatoms. The lowest BCUT2D eigenvalue weighted by Crippen LogP contribution is -2.28. The molecule has 2 aromatic carbocycles. The van der Waals surface area contributed by atoms with E-state index in [0.717, 1.165) is 16.8 Å². The van der Waals surface area contributed by atoms with Gasteiger partial charge in [-0.15, -0.1) is 5.10 Å². The van der Waals surface area contributed by atoms with Crippen molar-refractivity contribution in [3.63, 3.8) is 0 Å². The molecule has 1 aromatic heterocycles. The summed E-state index contributed by atoms with van der Waals surface area (Å²) in [5, 5.41) is 15.3. The number of hydrogen-bond donors (Lipinski definition) is 1. The fraction of sp³-hybridized carbons (Fsp3) is 0.263. The highest BCUT2D eigenvalue weighted by atomic mass is 32.2. The molecule has 3 rings (SSSR count). The highest BCUT2D eigenvalue weighted by Gasteiger charge is 2.16. The van der Waals surface area contributed by atoms with Gasteiger partial charge in [-0.1, -0.05) is 48.2 Å². The molecule has 1 atom stereocenters. The number of nitrogens with one attached hydrogen (secondary N) is 1. The number of benzene rings is 2. The van der Waals surface area contributed by atoms with E-state index < -0.39 is 0 Å². The Bertz CT molecular complexity index is 913. The zero-order chi connectivity index (χ0) is 19.2. The van der Waals surface area contributed by atoms with Crippen LogP contribution in [0.25, 0.3) is 5.69 Å². The monoisotopic (exact) mass is 383 g/mol. The number of rotatable bonds is 7. The number of aromatic nitrogens is 4. The minimum Gasteiger partial charge on any atom is -0.494 e. The lowest BCUT2D eigenvalue weighted by molar-refractivity contribution is -0.119. The first kappa shape index (κ1) is 18.9. The molecule has 0 saturated heterocycles. The molecule has 7 nitrogen and oxygen atoms in total. The van der Waals surface area contributed by atoms with Crippen molar-refractivity contribution in [3.8, 4) is 11.4 Å². The molecule has 0 fully saturated rings. The maximum Gasteiger partial charge on any atom is 0.230 e. The van der Waals surface area contributed by atoms with Crippen molar-refractivity contribution < 1.29 is 9.53 Å². The Labute approximate surface area is 162 Å². The third-order valence-electron chi connectivity index (χ3n) is 4.01. The van der Waals surface area contributed by atoms with Gasteiger partial charge in [-0.05, 0) is 47.5 Å². The number of amides is 1. The molecule has 0 aliphatic rings. The predicted octanol–water partition coefficient (Wildman–Crippen LogP) is 2.95. The Hall–Kier alpha value is -2.87. The van der Waals surface area contributed by atoms with E-state index in [9.17, 15) is 4.79 Å². The summed E-state index contributed by atoms with van der Waals surface area (Å²) >= 11 is 1.28. The Balaban J connectivity index is 1.67. The Kier molecular flexibility index (Phi) is 6.08. The Morgan fingerprint density at radius 2 is 2.04 bits per heavy atom. The van der Waals surface area contributed by atoms with Crippen LogP contribution >= 0.6 is 11.8 Å². The fourth-order valence-electron chi connectivity index (χ4n) is 2.62. The summed E-state index contributed by atoms with van der Waals surface area (Å²) in [5.41, 5.74) is 2.86. The van der Waals surface area contributed by atoms with Gasteiger partial charge in [0, 0.05) is 0 Å². The van der Waals surface area contributed by atoms with E-state index in [1.807, 2.05) is 62.4 Å². The number of ether oxygens (including phenoxy) is 1. The van der Waals surface area contributed by atoms with Gasteiger partial charge in [-0.25, -0.2) is 0 Å². The van der Waals surface area contributed by atoms with Crippen LogP contribution in [-0.4, -0.2) is 39.0 Å². The van der Waals surface area contributed by atoms with Crippen molar-refractivity contribution in [1.29, 1.82) is 0 Å². The topological polar surface area (TPSA) is 81.9 Å². The van der Waals surface area contributed by atoms with Gasteiger partial charge in [-0.3, -0.25) is 4.79 Å². The van der Waals surface area contributed by atoms with Gasteiger partial charge in [0.05, 0.1) is 18.9 Å². The van der Waals surface area contributed by atoms with Gasteiger partial charge in [0.25, 0.3) is 0 Å². The molecule has 0 bridgehead atoms. The van der Waals surface area contributed by atoms with Crippen molar-refractivity contribution in [1.82, 2.24) is 25.5 Å². The molecule has 0 unspecified atom stereocenters. The van der Waals surface area contributed by atoms with Crippen LogP contribution in [0.1, 0.15) is 24.1 Å². The number of carbonyl (C=O) groups is 1. The highest BCUT2D eigenvalue weighted by Crippen LogP contribution is 2.27. The quantitative estimate of drug-likeness (QED) is 0.632. The third kappa shape index (κ3) is 4.65. The van der Waals surface area contributed by atoms with E-state index in [2.05, 4.69) is 20.8 Å². The molecule has 1 N–H and O–H groups in total. The van der Waals surface area contributed by atoms with Gasteiger partial charge < -0.3 is 10.1 Å². The lowest BCUT2D eigenvalue weighted by Gasteiger charge is -2.14. The summed E-state index contributed by atoms with van der Waals surface area (Å²) in [4.78, 5) is 12.3. The number of hydrogen-bond acceptors (Lipinski definition) is 6. The highest BCUT2D eigenvalue weighted by molar-refractivity contribution is 7.99. The number of thioether (sulfide) groups is 1. The number of methoxy groups -OCH3 is 1. The standard InChI is InChI=1S/C19H21N5O2S/c1-13-9-10-17(26-3)16(11-13)24-19(21-22-23-24)27-12-18(25)20-14(2)15-7-5-4-6-8-15/h4-11,14H,12H2,1-3H3,(H,20,25)/t14-/m1/s1. The van der Waals surface area contributed by atoms with Crippen molar-refractivity contribution in [2.24, 2.45) is 0 Å². The van der Waals surface area contributed by atoms with E-state index in [1.54, 1.807) is 11.8 Å². The van der Waals surface area contributed by atoms with Crippen molar-refractivity contribution in [2.75, 3.05) is 12.9 Å². The summed E-state index contributed by atoms with van der Waals surface area (Å²) in [5.74, 6) is 0.796. The van der Waals surface area contributed by atoms with Crippen LogP contribution in [0.3, 0.4) is 0 Å². The maximum atomic E-state index is 12.3. The van der Waals surface area contributed by atoms with Crippen molar-refractivity contribution in [3.05, 3.63) is 59.7 Å². The second-order valence-corrected chi connectivity index (χ2v) is 6.98. The largest absolute Gasteiger partial charge is 0.494 e. The molecule has 1 heterocycles. The average Bonchev–Trinajstić information content (AvgIpc) is 3.15. The van der Waals surface area contributed by atoms with E-state index in [1.165, 1.54) is 11.8 Å². The summed E-state index contributed by atoms with van der Waals surface area (Å²) in [6.07, 6.45) is 0. The van der Waals surface area contributed by atoms with E-state index in [0.29, 0.717) is 10.9 Å². The van der Waals surface area contributed by atoms with Gasteiger partial charge in [0.15, 0.2) is 0 Å². The summed E-state index contributed by atoms with van der Waals surface area (Å²) in [6, 6.07) is 15.5. The van der Waals surface area contributed by atoms with Crippen molar-refractivity contribution >= 4 is 17.7 Å². The van der Waals surface area contributed by atoms with Gasteiger partial charge in [0.1, 0.15) is 11.4 Å². The SMILES string of the molecule is COc1ccc(C)cc1-n1nnnc1SCC(=O)N[C@H](C)c1ccccc1. The maximum absolute atomic E-state index is 12.3. The number of carbonyl (C=O) groups excluding carboxylic acids is 1. The van der Waals surface area contributed by atoms with Crippen LogP contribution in [0.2, 0.25) is 0 Å². The zero-order valence-electron chi connectivity index (χ0n) is 15.4. The molecule has 0 spiro atoms. The third-order valence-corrected chi connectivity index (χ3v) is 4.93. The predicted molar refractivity (Wildman–Crippen MR) is 104 cm³/mol. The first-order valence-corrected chi connectivity index (χ1v) is 9.47. The minimum absolute atomic E-state index is 0.0628. The van der Waals surface area contributed by atoms with Crippen LogP contribution in [0.4, 0.5) is 0 Å². The van der Waals surface area contributed by atoms with Crippen molar-refractivity contribution in [2.45, 2.75) is 25.0 Å². The van der Waals surface area contributed by atoms with Crippen LogP contribution in [0.15, 0.2) is 53.7 Å². The van der Waals surface area contributed by atoms with E-state index in [4.69, 9.17) is 4.74 Å². The molecular formula is C19H21N5O2S. The van der Waals surface area contributed by atoms with Crippen LogP contribution in [-0.2, 0) is 4.79 Å². The molecule has 3 aromatic rings. The molecule has 1 amide bonds. The first-order chi connectivity index (χ1) is 13.1. The van der Waals surface area contributed by atoms with Gasteiger partial charge >= 0.3 is 0 Å². The molecule has 27 heavy (non-hydrogen) atoms. The molecule has 0 aliphatic carbocycles. The molecule has 0 saturated carbocycles. The fourth-order valence-corrected chi connectivity index (χ4v) is 3.32. The van der Waals surface area contributed by atoms with E-state index >= 15 is 0 Å². The van der Waals surface area contributed by atoms with Gasteiger partial charge in [-0.2, -0.15) is 4.68 Å². The molecule has 0 radical (unpaired) electrons. The summed E-state index contributed by atoms with van der Waals surface area (Å²) in [7, 11) is 1.60. The lowest BCUT2D eigenvalue weighted by atomic mass is 10.1. The Morgan fingerprint density at radius 1 is 1.26 bits per heavy atom. The minimum atomic E-state index is -0.0814. The van der Waals surface area contributed by atoms with E-state index in [-0.39, 0.29) is 17.7 Å². The number of nitrogens with zero attached hydrogens (tertiary/aromatic N) is 4. The smallest absolute Gasteiger partial charge is 0.230 e. The molecule has 140 valence electrons. The molecular weight excluding hydrogens is 362 g/mol. The number of tetrazole rings is 1.